The van der Waals surface area contributed by atoms with E-state index in [2.05, 4.69) is 32.7 Å². The van der Waals surface area contributed by atoms with Gasteiger partial charge in [0.1, 0.15) is 5.75 Å². The van der Waals surface area contributed by atoms with Crippen LogP contribution in [0.25, 0.3) is 0 Å². The Hall–Kier alpha value is -2.75. The lowest BCUT2D eigenvalue weighted by molar-refractivity contribution is -0.120. The van der Waals surface area contributed by atoms with Crippen molar-refractivity contribution in [1.29, 1.82) is 0 Å². The van der Waals surface area contributed by atoms with E-state index in [4.69, 9.17) is 21.1 Å². The lowest BCUT2D eigenvalue weighted by Crippen LogP contribution is -2.48. The molecular formula is C33H40ClN3O5S. The highest BCUT2D eigenvalue weighted by Crippen LogP contribution is 2.47. The molecule has 3 aliphatic heterocycles. The molecule has 2 aromatic rings. The predicted octanol–water partition coefficient (Wildman–Crippen LogP) is 4.90. The van der Waals surface area contributed by atoms with Crippen LogP contribution < -0.4 is 14.4 Å². The van der Waals surface area contributed by atoms with Crippen molar-refractivity contribution in [2.75, 3.05) is 51.3 Å². The third-order valence-corrected chi connectivity index (χ3v) is 12.0. The van der Waals surface area contributed by atoms with E-state index in [1.165, 1.54) is 11.1 Å². The molecule has 1 amide bonds. The molecule has 43 heavy (non-hydrogen) atoms. The first-order valence-electron chi connectivity index (χ1n) is 15.6. The third-order valence-electron chi connectivity index (χ3n) is 10.4. The van der Waals surface area contributed by atoms with Gasteiger partial charge < -0.3 is 14.4 Å². The van der Waals surface area contributed by atoms with Crippen LogP contribution in [0.4, 0.5) is 5.69 Å². The first-order valence-corrected chi connectivity index (χ1v) is 17.4. The molecule has 1 spiro atoms. The van der Waals surface area contributed by atoms with Gasteiger partial charge in [0.2, 0.25) is 5.91 Å². The van der Waals surface area contributed by atoms with Crippen LogP contribution in [0.5, 0.6) is 5.75 Å². The van der Waals surface area contributed by atoms with Gasteiger partial charge >= 0.3 is 0 Å². The number of carbonyl (C=O) groups is 1. The molecule has 7 rings (SSSR count). The number of halogens is 1. The van der Waals surface area contributed by atoms with Crippen LogP contribution in [-0.4, -0.2) is 65.7 Å². The van der Waals surface area contributed by atoms with Crippen LogP contribution in [0.1, 0.15) is 49.7 Å². The van der Waals surface area contributed by atoms with Crippen molar-refractivity contribution in [3.8, 4) is 5.75 Å². The molecule has 3 heterocycles. The molecule has 5 atom stereocenters. The second kappa shape index (κ2) is 11.3. The number of methoxy groups -OCH3 is 1. The summed E-state index contributed by atoms with van der Waals surface area (Å²) in [5.74, 6) is 2.06. The number of anilines is 1. The number of sulfonamides is 1. The smallest absolute Gasteiger partial charge is 0.264 e. The average Bonchev–Trinajstić information content (AvgIpc) is 3.35. The molecule has 10 heteroatoms. The van der Waals surface area contributed by atoms with Crippen LogP contribution >= 0.6 is 11.6 Å². The summed E-state index contributed by atoms with van der Waals surface area (Å²) in [5, 5.41) is 0.743. The fraction of sp³-hybridized carbons (Fsp3) is 0.545. The van der Waals surface area contributed by atoms with E-state index in [0.29, 0.717) is 30.7 Å². The van der Waals surface area contributed by atoms with Crippen LogP contribution in [0.15, 0.2) is 53.1 Å². The quantitative estimate of drug-likeness (QED) is 0.482. The van der Waals surface area contributed by atoms with Crippen molar-refractivity contribution in [3.05, 3.63) is 64.4 Å². The maximum Gasteiger partial charge on any atom is 0.264 e. The van der Waals surface area contributed by atoms with Gasteiger partial charge in [-0.15, -0.1) is 0 Å². The Morgan fingerprint density at radius 2 is 2.00 bits per heavy atom. The maximum atomic E-state index is 13.5. The fourth-order valence-corrected chi connectivity index (χ4v) is 9.28. The van der Waals surface area contributed by atoms with E-state index in [9.17, 15) is 13.2 Å². The van der Waals surface area contributed by atoms with E-state index in [0.717, 1.165) is 81.2 Å². The number of hydrogen-bond donors (Lipinski definition) is 1. The Kier molecular flexibility index (Phi) is 7.63. The summed E-state index contributed by atoms with van der Waals surface area (Å²) >= 11 is 6.41. The summed E-state index contributed by atoms with van der Waals surface area (Å²) in [7, 11) is -2.28. The van der Waals surface area contributed by atoms with Crippen molar-refractivity contribution in [2.45, 2.75) is 55.3 Å². The van der Waals surface area contributed by atoms with Gasteiger partial charge in [-0.1, -0.05) is 17.7 Å². The van der Waals surface area contributed by atoms with E-state index >= 15 is 0 Å². The van der Waals surface area contributed by atoms with Gasteiger partial charge in [-0.05, 0) is 104 Å². The van der Waals surface area contributed by atoms with E-state index in [1.54, 1.807) is 25.3 Å². The number of carbonyl (C=O) groups excluding carboxylic acids is 1. The summed E-state index contributed by atoms with van der Waals surface area (Å²) in [6.07, 6.45) is 8.43. The van der Waals surface area contributed by atoms with Crippen LogP contribution in [0, 0.1) is 17.8 Å². The molecule has 230 valence electrons. The second-order valence-corrected chi connectivity index (χ2v) is 15.3. The average molecular weight is 626 g/mol. The van der Waals surface area contributed by atoms with Gasteiger partial charge in [0, 0.05) is 49.0 Å². The predicted molar refractivity (Wildman–Crippen MR) is 166 cm³/mol. The van der Waals surface area contributed by atoms with Crippen LogP contribution in [0.2, 0.25) is 5.02 Å². The Balaban J connectivity index is 1.30. The Labute approximate surface area is 259 Å². The van der Waals surface area contributed by atoms with Crippen molar-refractivity contribution in [2.24, 2.45) is 17.8 Å². The zero-order chi connectivity index (χ0) is 29.8. The minimum Gasteiger partial charge on any atom is -0.501 e. The highest BCUT2D eigenvalue weighted by atomic mass is 35.5. The van der Waals surface area contributed by atoms with Crippen LogP contribution in [0.3, 0.4) is 0 Å². The molecule has 0 radical (unpaired) electrons. The van der Waals surface area contributed by atoms with E-state index < -0.39 is 15.9 Å². The van der Waals surface area contributed by atoms with E-state index in [-0.39, 0.29) is 22.6 Å². The molecule has 1 N–H and O–H groups in total. The molecule has 8 nitrogen and oxygen atoms in total. The highest BCUT2D eigenvalue weighted by molar-refractivity contribution is 7.90. The second-order valence-electron chi connectivity index (χ2n) is 13.1. The summed E-state index contributed by atoms with van der Waals surface area (Å²) in [6, 6.07) is 11.2. The van der Waals surface area contributed by atoms with Gasteiger partial charge in [-0.25, -0.2) is 13.1 Å². The molecule has 0 aromatic heterocycles. The van der Waals surface area contributed by atoms with E-state index in [1.807, 2.05) is 6.07 Å². The molecular weight excluding hydrogens is 586 g/mol. The number of hydrogen-bond acceptors (Lipinski definition) is 7. The molecule has 2 unspecified atom stereocenters. The first kappa shape index (κ1) is 29.0. The van der Waals surface area contributed by atoms with Crippen molar-refractivity contribution in [3.63, 3.8) is 0 Å². The fourth-order valence-electron chi connectivity index (χ4n) is 8.07. The summed E-state index contributed by atoms with van der Waals surface area (Å²) in [5.41, 5.74) is 3.04. The largest absolute Gasteiger partial charge is 0.501 e. The lowest BCUT2D eigenvalue weighted by Gasteiger charge is -2.44. The summed E-state index contributed by atoms with van der Waals surface area (Å²) < 4.78 is 41.9. The molecule has 5 aliphatic rings. The number of benzene rings is 2. The maximum absolute atomic E-state index is 13.5. The number of aryl methyl sites for hydroxylation is 1. The lowest BCUT2D eigenvalue weighted by atomic mass is 9.69. The van der Waals surface area contributed by atoms with Gasteiger partial charge in [0.15, 0.2) is 0 Å². The summed E-state index contributed by atoms with van der Waals surface area (Å²) in [4.78, 5) is 17.7. The number of nitrogens with one attached hydrogen (secondary N) is 1. The molecule has 1 saturated heterocycles. The molecule has 2 fully saturated rings. The van der Waals surface area contributed by atoms with Gasteiger partial charge in [-0.2, -0.15) is 0 Å². The topological polar surface area (TPSA) is 88.2 Å². The monoisotopic (exact) mass is 625 g/mol. The number of nitrogens with zero attached hydrogens (tertiary/aromatic N) is 2. The molecule has 2 aliphatic carbocycles. The van der Waals surface area contributed by atoms with Gasteiger partial charge in [0.25, 0.3) is 10.0 Å². The van der Waals surface area contributed by atoms with Crippen molar-refractivity contribution >= 4 is 33.2 Å². The molecule has 4 bridgehead atoms. The third kappa shape index (κ3) is 5.53. The van der Waals surface area contributed by atoms with Gasteiger partial charge in [0.05, 0.1) is 30.1 Å². The van der Waals surface area contributed by atoms with Gasteiger partial charge in [-0.3, -0.25) is 9.69 Å². The Bertz CT molecular complexity index is 1560. The zero-order valence-electron chi connectivity index (χ0n) is 24.7. The molecule has 1 saturated carbocycles. The number of allylic oxidation sites excluding steroid dienone is 1. The standard InChI is InChI=1S/C33H40ClN3O5S/c1-41-30-11-14-36-13-10-22(18-36)15-32(38)35-43(39,40)26-6-9-31-29(17-26)37(19-24-4-7-27(24)30)20-33(21-42-31)12-2-3-23-16-25(34)5-8-28(23)33/h5-6,8-9,11,16-17,22,24,27H,2-4,7,10,12-15,18-21H2,1H3,(H,35,38)/b30-11-/t22?,24-,27+,33-/m0/s1. The minimum absolute atomic E-state index is 0.0833. The first-order chi connectivity index (χ1) is 20.7. The zero-order valence-corrected chi connectivity index (χ0v) is 26.3. The Morgan fingerprint density at radius 1 is 1.12 bits per heavy atom. The van der Waals surface area contributed by atoms with Crippen LogP contribution in [-0.2, 0) is 31.4 Å². The van der Waals surface area contributed by atoms with Crippen molar-refractivity contribution < 1.29 is 22.7 Å². The summed E-state index contributed by atoms with van der Waals surface area (Å²) in [6.45, 7) is 4.40. The van der Waals surface area contributed by atoms with Crippen molar-refractivity contribution in [1.82, 2.24) is 9.62 Å². The SMILES string of the molecule is CO/C1=C\CN2CCC(CC(=O)NS(=O)(=O)c3ccc4c(c3)N(C[C@@H]3CC[C@@H]13)C[C@@]1(CCCc3cc(Cl)ccc31)CO4)C2. The number of ether oxygens (including phenoxy) is 2. The Morgan fingerprint density at radius 3 is 2.81 bits per heavy atom. The molecule has 2 aromatic carbocycles. The normalized spacial score (nSPS) is 32.9. The minimum atomic E-state index is -4.05. The number of rotatable bonds is 1. The number of fused-ring (bicyclic) bond motifs is 6. The number of amides is 1. The highest BCUT2D eigenvalue weighted by Gasteiger charge is 2.44.